The van der Waals surface area contributed by atoms with Crippen LogP contribution in [0.3, 0.4) is 0 Å². The molecule has 0 bridgehead atoms. The number of nitrogens with one attached hydrogen (secondary N) is 2. The number of ether oxygens (including phenoxy) is 1. The van der Waals surface area contributed by atoms with Crippen LogP contribution in [-0.2, 0) is 9.53 Å². The fourth-order valence-corrected chi connectivity index (χ4v) is 2.51. The summed E-state index contributed by atoms with van der Waals surface area (Å²) in [6, 6.07) is 10.9. The molecule has 0 fully saturated rings. The van der Waals surface area contributed by atoms with E-state index < -0.39 is 23.0 Å². The van der Waals surface area contributed by atoms with E-state index in [0.717, 1.165) is 0 Å². The number of esters is 1. The van der Waals surface area contributed by atoms with Crippen LogP contribution in [0.5, 0.6) is 0 Å². The van der Waals surface area contributed by atoms with E-state index in [1.807, 2.05) is 0 Å². The molecule has 2 aromatic carbocycles. The van der Waals surface area contributed by atoms with Crippen molar-refractivity contribution in [2.45, 2.75) is 12.5 Å². The second-order valence-corrected chi connectivity index (χ2v) is 5.66. The van der Waals surface area contributed by atoms with Crippen molar-refractivity contribution in [1.82, 2.24) is 5.32 Å². The van der Waals surface area contributed by atoms with Crippen molar-refractivity contribution in [1.29, 1.82) is 0 Å². The van der Waals surface area contributed by atoms with E-state index in [-0.39, 0.29) is 12.1 Å². The van der Waals surface area contributed by atoms with E-state index >= 15 is 0 Å². The average molecular weight is 378 g/mol. The SMILES string of the molecule is COC(=O)CC(NC(=O)Nc1ccc([N+](=O)[O-])cc1)c1ccccc1Cl. The van der Waals surface area contributed by atoms with E-state index in [0.29, 0.717) is 16.3 Å². The molecule has 0 heterocycles. The van der Waals surface area contributed by atoms with E-state index in [9.17, 15) is 19.7 Å². The largest absolute Gasteiger partial charge is 0.469 e. The van der Waals surface area contributed by atoms with Gasteiger partial charge in [0.25, 0.3) is 5.69 Å². The zero-order valence-electron chi connectivity index (χ0n) is 13.8. The van der Waals surface area contributed by atoms with E-state index in [4.69, 9.17) is 11.6 Å². The highest BCUT2D eigenvalue weighted by atomic mass is 35.5. The molecule has 0 saturated heterocycles. The average Bonchev–Trinajstić information content (AvgIpc) is 2.61. The van der Waals surface area contributed by atoms with Crippen molar-refractivity contribution in [3.8, 4) is 0 Å². The third kappa shape index (κ3) is 5.18. The first kappa shape index (κ1) is 19.2. The Hall–Kier alpha value is -3.13. The highest BCUT2D eigenvalue weighted by molar-refractivity contribution is 6.31. The normalized spacial score (nSPS) is 11.3. The quantitative estimate of drug-likeness (QED) is 0.453. The minimum Gasteiger partial charge on any atom is -0.469 e. The third-order valence-corrected chi connectivity index (χ3v) is 3.86. The number of carbonyl (C=O) groups is 2. The highest BCUT2D eigenvalue weighted by Crippen LogP contribution is 2.25. The number of urea groups is 1. The minimum atomic E-state index is -0.700. The van der Waals surface area contributed by atoms with Crippen LogP contribution in [0.4, 0.5) is 16.2 Å². The van der Waals surface area contributed by atoms with Gasteiger partial charge in [-0.05, 0) is 23.8 Å². The molecule has 0 saturated carbocycles. The summed E-state index contributed by atoms with van der Waals surface area (Å²) in [5.74, 6) is -0.509. The smallest absolute Gasteiger partial charge is 0.319 e. The Morgan fingerprint density at radius 1 is 1.19 bits per heavy atom. The molecular weight excluding hydrogens is 362 g/mol. The number of methoxy groups -OCH3 is 1. The summed E-state index contributed by atoms with van der Waals surface area (Å²) in [4.78, 5) is 34.0. The molecule has 136 valence electrons. The predicted octanol–water partition coefficient (Wildman–Crippen LogP) is 3.67. The van der Waals surface area contributed by atoms with Crippen LogP contribution < -0.4 is 10.6 Å². The van der Waals surface area contributed by atoms with Gasteiger partial charge in [0.05, 0.1) is 24.5 Å². The van der Waals surface area contributed by atoms with Crippen molar-refractivity contribution in [3.05, 3.63) is 69.2 Å². The maximum atomic E-state index is 12.2. The van der Waals surface area contributed by atoms with Gasteiger partial charge in [-0.25, -0.2) is 4.79 Å². The number of anilines is 1. The number of nitro benzene ring substituents is 1. The van der Waals surface area contributed by atoms with Gasteiger partial charge in [0.15, 0.2) is 0 Å². The molecule has 1 atom stereocenters. The first-order valence-corrected chi connectivity index (χ1v) is 7.91. The van der Waals surface area contributed by atoms with Gasteiger partial charge in [0.1, 0.15) is 0 Å². The number of nitro groups is 1. The number of halogens is 1. The molecule has 2 rings (SSSR count). The topological polar surface area (TPSA) is 111 Å². The van der Waals surface area contributed by atoms with Crippen LogP contribution in [0, 0.1) is 10.1 Å². The van der Waals surface area contributed by atoms with Crippen molar-refractivity contribution in [2.24, 2.45) is 0 Å². The Morgan fingerprint density at radius 2 is 1.85 bits per heavy atom. The lowest BCUT2D eigenvalue weighted by molar-refractivity contribution is -0.384. The third-order valence-electron chi connectivity index (χ3n) is 3.52. The second kappa shape index (κ2) is 8.82. The number of benzene rings is 2. The van der Waals surface area contributed by atoms with Crippen LogP contribution >= 0.6 is 11.6 Å². The lowest BCUT2D eigenvalue weighted by Crippen LogP contribution is -2.34. The number of hydrogen-bond donors (Lipinski definition) is 2. The summed E-state index contributed by atoms with van der Waals surface area (Å²) in [5.41, 5.74) is 0.845. The van der Waals surface area contributed by atoms with Crippen molar-refractivity contribution < 1.29 is 19.2 Å². The molecule has 26 heavy (non-hydrogen) atoms. The number of nitrogens with zero attached hydrogens (tertiary/aromatic N) is 1. The molecule has 8 nitrogen and oxygen atoms in total. The Morgan fingerprint density at radius 3 is 2.42 bits per heavy atom. The molecule has 2 aromatic rings. The summed E-state index contributed by atoms with van der Waals surface area (Å²) < 4.78 is 4.66. The monoisotopic (exact) mass is 377 g/mol. The molecule has 0 aliphatic carbocycles. The summed E-state index contributed by atoms with van der Waals surface area (Å²) in [6.07, 6.45) is -0.103. The maximum Gasteiger partial charge on any atom is 0.319 e. The van der Waals surface area contributed by atoms with Gasteiger partial charge >= 0.3 is 12.0 Å². The molecule has 0 aromatic heterocycles. The first-order chi connectivity index (χ1) is 12.4. The number of non-ortho nitro benzene ring substituents is 1. The van der Waals surface area contributed by atoms with Gasteiger partial charge in [0.2, 0.25) is 0 Å². The van der Waals surface area contributed by atoms with Crippen LogP contribution in [-0.4, -0.2) is 24.0 Å². The predicted molar refractivity (Wildman–Crippen MR) is 96.1 cm³/mol. The van der Waals surface area contributed by atoms with Gasteiger partial charge in [-0.15, -0.1) is 0 Å². The van der Waals surface area contributed by atoms with Crippen LogP contribution in [0.1, 0.15) is 18.0 Å². The molecule has 0 aliphatic rings. The molecule has 0 spiro atoms. The van der Waals surface area contributed by atoms with E-state index in [1.165, 1.54) is 31.4 Å². The fourth-order valence-electron chi connectivity index (χ4n) is 2.24. The highest BCUT2D eigenvalue weighted by Gasteiger charge is 2.21. The van der Waals surface area contributed by atoms with Gasteiger partial charge in [-0.3, -0.25) is 14.9 Å². The summed E-state index contributed by atoms with van der Waals surface area (Å²) in [5, 5.41) is 16.3. The number of rotatable bonds is 6. The van der Waals surface area contributed by atoms with Gasteiger partial charge in [-0.2, -0.15) is 0 Å². The van der Waals surface area contributed by atoms with Crippen LogP contribution in [0.25, 0.3) is 0 Å². The molecule has 0 aliphatic heterocycles. The minimum absolute atomic E-state index is 0.0874. The Balaban J connectivity index is 2.11. The zero-order valence-corrected chi connectivity index (χ0v) is 14.5. The Bertz CT molecular complexity index is 810. The molecule has 2 N–H and O–H groups in total. The molecule has 9 heteroatoms. The molecule has 0 radical (unpaired) electrons. The first-order valence-electron chi connectivity index (χ1n) is 7.54. The van der Waals surface area contributed by atoms with E-state index in [2.05, 4.69) is 15.4 Å². The summed E-state index contributed by atoms with van der Waals surface area (Å²) in [7, 11) is 1.25. The summed E-state index contributed by atoms with van der Waals surface area (Å²) >= 11 is 6.15. The number of carbonyl (C=O) groups excluding carboxylic acids is 2. The van der Waals surface area contributed by atoms with Gasteiger partial charge in [-0.1, -0.05) is 29.8 Å². The number of amides is 2. The van der Waals surface area contributed by atoms with Crippen molar-refractivity contribution in [2.75, 3.05) is 12.4 Å². The lowest BCUT2D eigenvalue weighted by atomic mass is 10.0. The van der Waals surface area contributed by atoms with E-state index in [1.54, 1.807) is 24.3 Å². The Labute approximate surface area is 154 Å². The van der Waals surface area contributed by atoms with Crippen LogP contribution in [0.15, 0.2) is 48.5 Å². The zero-order chi connectivity index (χ0) is 19.1. The molecular formula is C17H16ClN3O5. The lowest BCUT2D eigenvalue weighted by Gasteiger charge is -2.19. The fraction of sp³-hybridized carbons (Fsp3) is 0.176. The second-order valence-electron chi connectivity index (χ2n) is 5.26. The Kier molecular flexibility index (Phi) is 6.51. The van der Waals surface area contributed by atoms with Crippen LogP contribution in [0.2, 0.25) is 5.02 Å². The standard InChI is InChI=1S/C17H16ClN3O5/c1-26-16(22)10-15(13-4-2-3-5-14(13)18)20-17(23)19-11-6-8-12(9-7-11)21(24)25/h2-9,15H,10H2,1H3,(H2,19,20,23). The van der Waals surface area contributed by atoms with Crippen molar-refractivity contribution in [3.63, 3.8) is 0 Å². The molecule has 2 amide bonds. The van der Waals surface area contributed by atoms with Gasteiger partial charge in [0, 0.05) is 22.8 Å². The van der Waals surface area contributed by atoms with Gasteiger partial charge < -0.3 is 15.4 Å². The summed E-state index contributed by atoms with van der Waals surface area (Å²) in [6.45, 7) is 0. The van der Waals surface area contributed by atoms with Crippen molar-refractivity contribution >= 4 is 35.0 Å². The molecule has 1 unspecified atom stereocenters. The maximum absolute atomic E-state index is 12.2. The number of hydrogen-bond acceptors (Lipinski definition) is 5.